The Balaban J connectivity index is 1.71. The van der Waals surface area contributed by atoms with Gasteiger partial charge in [-0.25, -0.2) is 0 Å². The molecule has 0 saturated heterocycles. The molecular weight excluding hydrogens is 528 g/mol. The van der Waals surface area contributed by atoms with E-state index in [0.717, 1.165) is 12.8 Å². The maximum absolute atomic E-state index is 12.8. The third kappa shape index (κ3) is 4.35. The van der Waals surface area contributed by atoms with Gasteiger partial charge in [0, 0.05) is 32.1 Å². The summed E-state index contributed by atoms with van der Waals surface area (Å²) in [5, 5.41) is 0. The van der Waals surface area contributed by atoms with Crippen molar-refractivity contribution in [1.82, 2.24) is 0 Å². The molecule has 3 fully saturated rings. The minimum absolute atomic E-state index is 0.0288. The highest BCUT2D eigenvalue weighted by Crippen LogP contribution is 2.75. The summed E-state index contributed by atoms with van der Waals surface area (Å²) in [6, 6.07) is 0. The fourth-order valence-electron chi connectivity index (χ4n) is 11.3. The second-order valence-electron chi connectivity index (χ2n) is 16.3. The lowest BCUT2D eigenvalue weighted by Gasteiger charge is -2.70. The fourth-order valence-corrected chi connectivity index (χ4v) is 11.3. The van der Waals surface area contributed by atoms with Gasteiger partial charge < -0.3 is 14.2 Å². The van der Waals surface area contributed by atoms with Crippen molar-refractivity contribution in [3.63, 3.8) is 0 Å². The highest BCUT2D eigenvalue weighted by atomic mass is 16.6. The first-order valence-corrected chi connectivity index (χ1v) is 16.3. The molecule has 5 aliphatic carbocycles. The molecule has 0 aromatic carbocycles. The van der Waals surface area contributed by atoms with Crippen LogP contribution in [0.25, 0.3) is 0 Å². The predicted octanol–water partition coefficient (Wildman–Crippen LogP) is 7.60. The lowest BCUT2D eigenvalue weighted by Crippen LogP contribution is -2.67. The topological polar surface area (TPSA) is 78.9 Å². The molecule has 0 spiro atoms. The van der Waals surface area contributed by atoms with Crippen molar-refractivity contribution in [2.24, 2.45) is 50.7 Å². The van der Waals surface area contributed by atoms with E-state index in [0.29, 0.717) is 24.2 Å². The van der Waals surface area contributed by atoms with Crippen molar-refractivity contribution in [3.05, 3.63) is 23.3 Å². The van der Waals surface area contributed by atoms with Crippen LogP contribution in [-0.2, 0) is 28.6 Å². The first-order chi connectivity index (χ1) is 19.3. The zero-order chi connectivity index (χ0) is 31.2. The number of carbonyl (C=O) groups excluding carboxylic acids is 3. The second kappa shape index (κ2) is 9.95. The Morgan fingerprint density at radius 1 is 0.833 bits per heavy atom. The number of allylic oxidation sites excluding steroid dienone is 2. The molecule has 5 aliphatic rings. The van der Waals surface area contributed by atoms with Gasteiger partial charge in [0.25, 0.3) is 0 Å². The largest absolute Gasteiger partial charge is 0.459 e. The molecule has 6 heteroatoms. The fraction of sp³-hybridized carbons (Fsp3) is 0.806. The Labute approximate surface area is 253 Å². The van der Waals surface area contributed by atoms with Crippen molar-refractivity contribution in [3.8, 4) is 0 Å². The van der Waals surface area contributed by atoms with Gasteiger partial charge in [0.1, 0.15) is 18.3 Å². The van der Waals surface area contributed by atoms with Crippen molar-refractivity contribution in [2.45, 2.75) is 133 Å². The van der Waals surface area contributed by atoms with E-state index in [2.05, 4.69) is 67.5 Å². The van der Waals surface area contributed by atoms with Gasteiger partial charge >= 0.3 is 17.9 Å². The monoisotopic (exact) mass is 582 g/mol. The Morgan fingerprint density at radius 3 is 2.05 bits per heavy atom. The highest BCUT2D eigenvalue weighted by Gasteiger charge is 2.70. The van der Waals surface area contributed by atoms with Gasteiger partial charge in [-0.15, -0.1) is 0 Å². The molecule has 0 aliphatic heterocycles. The van der Waals surface area contributed by atoms with Crippen LogP contribution in [0.2, 0.25) is 0 Å². The number of hydrogen-bond acceptors (Lipinski definition) is 6. The summed E-state index contributed by atoms with van der Waals surface area (Å²) in [4.78, 5) is 37.4. The summed E-state index contributed by atoms with van der Waals surface area (Å²) in [5.41, 5.74) is 1.68. The Morgan fingerprint density at radius 2 is 1.45 bits per heavy atom. The van der Waals surface area contributed by atoms with Crippen LogP contribution in [0.15, 0.2) is 23.3 Å². The van der Waals surface area contributed by atoms with Crippen LogP contribution < -0.4 is 0 Å². The van der Waals surface area contributed by atoms with E-state index in [1.165, 1.54) is 51.2 Å². The van der Waals surface area contributed by atoms with Gasteiger partial charge in [-0.05, 0) is 84.0 Å². The van der Waals surface area contributed by atoms with Crippen LogP contribution >= 0.6 is 0 Å². The van der Waals surface area contributed by atoms with Gasteiger partial charge in [0.15, 0.2) is 0 Å². The first-order valence-electron chi connectivity index (χ1n) is 16.3. The van der Waals surface area contributed by atoms with E-state index in [-0.39, 0.29) is 40.1 Å². The van der Waals surface area contributed by atoms with Crippen LogP contribution in [-0.4, -0.2) is 36.2 Å². The first kappa shape index (κ1) is 31.3. The molecule has 0 radical (unpaired) electrons. The lowest BCUT2D eigenvalue weighted by atomic mass is 9.34. The van der Waals surface area contributed by atoms with Crippen molar-refractivity contribution in [2.75, 3.05) is 0 Å². The van der Waals surface area contributed by atoms with Crippen LogP contribution in [0.1, 0.15) is 115 Å². The summed E-state index contributed by atoms with van der Waals surface area (Å²) < 4.78 is 18.2. The summed E-state index contributed by atoms with van der Waals surface area (Å²) in [6.07, 6.45) is 9.39. The number of ether oxygens (including phenoxy) is 3. The molecule has 3 saturated carbocycles. The Kier molecular flexibility index (Phi) is 7.42. The molecule has 42 heavy (non-hydrogen) atoms. The molecule has 0 aromatic rings. The van der Waals surface area contributed by atoms with Gasteiger partial charge in [-0.2, -0.15) is 0 Å². The van der Waals surface area contributed by atoms with E-state index in [1.54, 1.807) is 0 Å². The van der Waals surface area contributed by atoms with Crippen molar-refractivity contribution in [1.29, 1.82) is 0 Å². The predicted molar refractivity (Wildman–Crippen MR) is 162 cm³/mol. The van der Waals surface area contributed by atoms with E-state index < -0.39 is 29.1 Å². The van der Waals surface area contributed by atoms with Crippen LogP contribution in [0.5, 0.6) is 0 Å². The lowest BCUT2D eigenvalue weighted by molar-refractivity contribution is -0.202. The molecule has 5 rings (SSSR count). The van der Waals surface area contributed by atoms with Crippen LogP contribution in [0.3, 0.4) is 0 Å². The van der Waals surface area contributed by atoms with E-state index in [9.17, 15) is 14.4 Å². The molecular formula is C36H54O6. The molecule has 6 nitrogen and oxygen atoms in total. The van der Waals surface area contributed by atoms with E-state index >= 15 is 0 Å². The molecule has 0 N–H and O–H groups in total. The number of fused-ring (bicyclic) bond motifs is 7. The highest BCUT2D eigenvalue weighted by molar-refractivity contribution is 5.68. The zero-order valence-corrected chi connectivity index (χ0v) is 27.9. The quantitative estimate of drug-likeness (QED) is 0.194. The molecule has 1 unspecified atom stereocenters. The second-order valence-corrected chi connectivity index (χ2v) is 16.3. The van der Waals surface area contributed by atoms with Crippen molar-refractivity contribution >= 4 is 17.9 Å². The molecule has 0 aromatic heterocycles. The van der Waals surface area contributed by atoms with Crippen LogP contribution in [0.4, 0.5) is 0 Å². The van der Waals surface area contributed by atoms with Gasteiger partial charge in [0.05, 0.1) is 0 Å². The Hall–Kier alpha value is -2.11. The van der Waals surface area contributed by atoms with Gasteiger partial charge in [0.2, 0.25) is 0 Å². The summed E-state index contributed by atoms with van der Waals surface area (Å²) in [5.74, 6) is 0.606. The minimum atomic E-state index is -0.601. The maximum Gasteiger partial charge on any atom is 0.303 e. The van der Waals surface area contributed by atoms with E-state index in [4.69, 9.17) is 14.2 Å². The minimum Gasteiger partial charge on any atom is -0.459 e. The van der Waals surface area contributed by atoms with Crippen molar-refractivity contribution < 1.29 is 28.6 Å². The van der Waals surface area contributed by atoms with E-state index in [1.807, 2.05) is 0 Å². The SMILES string of the molecule is CC(=O)OC1[C@H](OC(C)=O)C[C@@]2(C)C(=CC[C@]3(C)[C@@H]2[C@H](OC(C)=O)C=C2[C@H]4[C@@H](C)[C@H](C)CC[C@]4(C)CC[C@]23C)C1(C)C. The molecule has 0 heterocycles. The van der Waals surface area contributed by atoms with Gasteiger partial charge in [-0.1, -0.05) is 72.6 Å². The molecule has 0 bridgehead atoms. The van der Waals surface area contributed by atoms with Gasteiger partial charge in [-0.3, -0.25) is 14.4 Å². The third-order valence-electron chi connectivity index (χ3n) is 13.4. The average Bonchev–Trinajstić information content (AvgIpc) is 2.84. The Bertz CT molecular complexity index is 1230. The third-order valence-corrected chi connectivity index (χ3v) is 13.4. The summed E-state index contributed by atoms with van der Waals surface area (Å²) in [7, 11) is 0. The zero-order valence-electron chi connectivity index (χ0n) is 27.9. The molecule has 11 atom stereocenters. The standard InChI is InChI=1S/C36H54O6/c1-20-12-14-33(8)16-17-35(10)25(29(33)21(20)2)18-26(40-22(3)37)30-34(9)19-27(41-23(4)38)31(42-24(5)39)32(6,7)28(34)13-15-36(30,35)11/h13,18,20-21,26-27,29-31H,12,14-17,19H2,1-11H3/t20-,21+,26-,27-,29-,30-,31?,33-,34+,35-,36-/m1/s1. The maximum atomic E-state index is 12.8. The summed E-state index contributed by atoms with van der Waals surface area (Å²) >= 11 is 0. The summed E-state index contributed by atoms with van der Waals surface area (Å²) in [6.45, 7) is 23.1. The number of rotatable bonds is 3. The smallest absolute Gasteiger partial charge is 0.303 e. The number of esters is 3. The molecule has 0 amide bonds. The molecule has 234 valence electrons. The van der Waals surface area contributed by atoms with Crippen LogP contribution in [0, 0.1) is 50.7 Å². The number of carbonyl (C=O) groups is 3. The normalized spacial score (nSPS) is 47.3. The number of hydrogen-bond donors (Lipinski definition) is 0. The average molecular weight is 583 g/mol.